The highest BCUT2D eigenvalue weighted by Gasteiger charge is 2.24. The second-order valence-corrected chi connectivity index (χ2v) is 15.5. The van der Waals surface area contributed by atoms with Crippen molar-refractivity contribution >= 4 is 40.2 Å². The van der Waals surface area contributed by atoms with E-state index in [-0.39, 0.29) is 35.8 Å². The molecule has 1 aromatic heterocycles. The van der Waals surface area contributed by atoms with Crippen LogP contribution in [0.3, 0.4) is 0 Å². The maximum atomic E-state index is 13.1. The number of carbonyl (C=O) groups is 3. The van der Waals surface area contributed by atoms with Crippen LogP contribution in [-0.2, 0) is 22.5 Å². The molecular formula is C49H52N6O7. The number of hydrogen-bond donors (Lipinski definition) is 6. The predicted octanol–water partition coefficient (Wildman–Crippen LogP) is 6.76. The number of phenolic OH excluding ortho intramolecular Hbond substituents is 1. The van der Waals surface area contributed by atoms with Gasteiger partial charge in [-0.05, 0) is 90.5 Å². The Balaban J connectivity index is 0.796. The number of nitrogens with one attached hydrogen (secondary N) is 4. The molecule has 5 aromatic carbocycles. The number of aliphatic hydroxyl groups excluding tert-OH is 1. The summed E-state index contributed by atoms with van der Waals surface area (Å²) in [4.78, 5) is 57.2. The Hall–Kier alpha value is -6.80. The van der Waals surface area contributed by atoms with Gasteiger partial charge in [-0.1, -0.05) is 78.9 Å². The van der Waals surface area contributed by atoms with Crippen molar-refractivity contribution in [2.45, 2.75) is 44.4 Å². The van der Waals surface area contributed by atoms with Gasteiger partial charge < -0.3 is 40.4 Å². The van der Waals surface area contributed by atoms with Gasteiger partial charge in [-0.25, -0.2) is 4.79 Å². The topological polar surface area (TPSA) is 176 Å². The van der Waals surface area contributed by atoms with Gasteiger partial charge in [0.15, 0.2) is 0 Å². The highest BCUT2D eigenvalue weighted by atomic mass is 16.6. The minimum atomic E-state index is -0.846. The third kappa shape index (κ3) is 11.3. The number of pyridine rings is 1. The van der Waals surface area contributed by atoms with Crippen molar-refractivity contribution in [3.63, 3.8) is 0 Å². The molecular weight excluding hydrogens is 785 g/mol. The number of aromatic hydroxyl groups is 1. The number of aromatic nitrogens is 1. The van der Waals surface area contributed by atoms with Crippen LogP contribution in [0.4, 0.5) is 16.2 Å². The number of anilines is 2. The van der Waals surface area contributed by atoms with Gasteiger partial charge in [0.25, 0.3) is 5.91 Å². The van der Waals surface area contributed by atoms with Crippen LogP contribution in [0.2, 0.25) is 0 Å². The summed E-state index contributed by atoms with van der Waals surface area (Å²) in [5, 5.41) is 30.7. The largest absolute Gasteiger partial charge is 0.506 e. The van der Waals surface area contributed by atoms with E-state index in [0.717, 1.165) is 35.3 Å². The molecule has 0 bridgehead atoms. The molecule has 1 fully saturated rings. The number of benzene rings is 5. The first-order chi connectivity index (χ1) is 30.1. The summed E-state index contributed by atoms with van der Waals surface area (Å²) in [5.74, 6) is -0.310. The lowest BCUT2D eigenvalue weighted by atomic mass is 10.0. The summed E-state index contributed by atoms with van der Waals surface area (Å²) < 4.78 is 5.77. The fourth-order valence-electron chi connectivity index (χ4n) is 7.72. The number of hydrogen-bond acceptors (Lipinski definition) is 9. The van der Waals surface area contributed by atoms with Crippen molar-refractivity contribution in [1.82, 2.24) is 20.5 Å². The zero-order valence-electron chi connectivity index (χ0n) is 34.7. The van der Waals surface area contributed by atoms with E-state index in [1.165, 1.54) is 12.1 Å². The van der Waals surface area contributed by atoms with Crippen LogP contribution in [-0.4, -0.2) is 83.9 Å². The first-order valence-corrected chi connectivity index (χ1v) is 20.9. The molecule has 6 N–H and O–H groups in total. The summed E-state index contributed by atoms with van der Waals surface area (Å²) in [6.07, 6.45) is 0.882. The number of likely N-dealkylation sites (tertiary alicyclic amines) is 1. The van der Waals surface area contributed by atoms with Gasteiger partial charge in [0.05, 0.1) is 17.3 Å². The average molecular weight is 837 g/mol. The van der Waals surface area contributed by atoms with Crippen molar-refractivity contribution in [2.75, 3.05) is 50.0 Å². The Morgan fingerprint density at radius 2 is 1.61 bits per heavy atom. The molecule has 1 aliphatic rings. The van der Waals surface area contributed by atoms with Gasteiger partial charge in [0, 0.05) is 74.5 Å². The van der Waals surface area contributed by atoms with Crippen LogP contribution in [0.5, 0.6) is 5.75 Å². The van der Waals surface area contributed by atoms with Crippen molar-refractivity contribution in [3.8, 4) is 16.9 Å². The maximum absolute atomic E-state index is 13.1. The van der Waals surface area contributed by atoms with Gasteiger partial charge in [-0.15, -0.1) is 0 Å². The van der Waals surface area contributed by atoms with Gasteiger partial charge in [0.2, 0.25) is 11.5 Å². The third-order valence-corrected chi connectivity index (χ3v) is 11.2. The monoisotopic (exact) mass is 836 g/mol. The van der Waals surface area contributed by atoms with E-state index in [9.17, 15) is 29.4 Å². The van der Waals surface area contributed by atoms with Gasteiger partial charge in [0.1, 0.15) is 11.9 Å². The molecule has 0 aliphatic carbocycles. The second kappa shape index (κ2) is 20.6. The van der Waals surface area contributed by atoms with Crippen LogP contribution in [0, 0.1) is 0 Å². The second-order valence-electron chi connectivity index (χ2n) is 15.5. The quantitative estimate of drug-likeness (QED) is 0.0576. The number of aliphatic hydroxyl groups is 1. The molecule has 0 saturated carbocycles. The minimum absolute atomic E-state index is 0.0344. The molecule has 3 amide bonds. The van der Waals surface area contributed by atoms with Crippen LogP contribution in [0.1, 0.15) is 52.4 Å². The molecule has 0 radical (unpaired) electrons. The number of carbonyl (C=O) groups excluding carboxylic acids is 3. The zero-order chi connectivity index (χ0) is 43.4. The van der Waals surface area contributed by atoms with E-state index in [0.29, 0.717) is 78.7 Å². The number of amides is 3. The number of H-pyrrole nitrogens is 1. The van der Waals surface area contributed by atoms with Crippen molar-refractivity contribution < 1.29 is 29.3 Å². The lowest BCUT2D eigenvalue weighted by Gasteiger charge is -2.31. The molecule has 1 saturated heterocycles. The minimum Gasteiger partial charge on any atom is -0.506 e. The summed E-state index contributed by atoms with van der Waals surface area (Å²) in [6, 6.07) is 38.5. The van der Waals surface area contributed by atoms with Crippen LogP contribution >= 0.6 is 0 Å². The Kier molecular flexibility index (Phi) is 14.4. The Morgan fingerprint density at radius 1 is 0.871 bits per heavy atom. The molecule has 13 nitrogen and oxygen atoms in total. The zero-order valence-corrected chi connectivity index (χ0v) is 34.7. The molecule has 7 rings (SSSR count). The lowest BCUT2D eigenvalue weighted by molar-refractivity contribution is -0.118. The van der Waals surface area contributed by atoms with E-state index in [1.807, 2.05) is 78.9 Å². The molecule has 13 heteroatoms. The first-order valence-electron chi connectivity index (χ1n) is 20.9. The summed E-state index contributed by atoms with van der Waals surface area (Å²) in [5.41, 5.74) is 6.40. The number of nitrogens with zero attached hydrogens (tertiary/aromatic N) is 2. The lowest BCUT2D eigenvalue weighted by Crippen LogP contribution is -2.40. The standard InChI is InChI=1S/C49H52N6O7/c1-54(46(59)25-29-55-27-23-38(24-28-55)62-49(61)52-42-13-6-5-12-39(42)35-10-3-2-4-11-35)37-16-14-36(15-17-37)48(60)51-31-34-9-7-8-33(30-34)22-26-50-32-44(57)40-18-20-43(56)47-41(40)19-21-45(58)53-47/h2-21,30,38,44,50,56-57H,22-29,31-32H2,1H3,(H,51,60)(H,52,61)(H,53,58)/t44-/m0/s1. The smallest absolute Gasteiger partial charge is 0.411 e. The van der Waals surface area contributed by atoms with Crippen molar-refractivity contribution in [2.24, 2.45) is 0 Å². The molecule has 6 aromatic rings. The molecule has 320 valence electrons. The van der Waals surface area contributed by atoms with E-state index in [1.54, 1.807) is 48.3 Å². The number of rotatable bonds is 16. The van der Waals surface area contributed by atoms with Crippen LogP contribution in [0.25, 0.3) is 22.0 Å². The van der Waals surface area contributed by atoms with E-state index in [4.69, 9.17) is 4.74 Å². The fraction of sp³-hybridized carbons (Fsp3) is 0.265. The molecule has 0 unspecified atom stereocenters. The van der Waals surface area contributed by atoms with E-state index >= 15 is 0 Å². The number of aromatic amines is 1. The molecule has 0 spiro atoms. The van der Waals surface area contributed by atoms with Gasteiger partial charge in [-0.2, -0.15) is 0 Å². The summed E-state index contributed by atoms with van der Waals surface area (Å²) in [6.45, 7) is 3.26. The average Bonchev–Trinajstić information content (AvgIpc) is 3.30. The Morgan fingerprint density at radius 3 is 2.40 bits per heavy atom. The number of phenols is 1. The normalized spacial score (nSPS) is 13.6. The van der Waals surface area contributed by atoms with Crippen molar-refractivity contribution in [1.29, 1.82) is 0 Å². The third-order valence-electron chi connectivity index (χ3n) is 11.2. The van der Waals surface area contributed by atoms with E-state index in [2.05, 4.69) is 25.8 Å². The number of ether oxygens (including phenoxy) is 1. The van der Waals surface area contributed by atoms with Gasteiger partial charge >= 0.3 is 6.09 Å². The first kappa shape index (κ1) is 43.3. The highest BCUT2D eigenvalue weighted by Crippen LogP contribution is 2.30. The number of piperidine rings is 1. The van der Waals surface area contributed by atoms with Gasteiger partial charge in [-0.3, -0.25) is 19.7 Å². The molecule has 1 aliphatic heterocycles. The molecule has 62 heavy (non-hydrogen) atoms. The van der Waals surface area contributed by atoms with Crippen LogP contribution < -0.4 is 26.4 Å². The number of fused-ring (bicyclic) bond motifs is 1. The van der Waals surface area contributed by atoms with E-state index < -0.39 is 12.2 Å². The Bertz CT molecular complexity index is 2540. The maximum Gasteiger partial charge on any atom is 0.411 e. The summed E-state index contributed by atoms with van der Waals surface area (Å²) in [7, 11) is 1.73. The van der Waals surface area contributed by atoms with Crippen LogP contribution in [0.15, 0.2) is 132 Å². The number of para-hydroxylation sites is 1. The fourth-order valence-corrected chi connectivity index (χ4v) is 7.72. The Labute approximate surface area is 360 Å². The van der Waals surface area contributed by atoms with Crippen molar-refractivity contribution in [3.05, 3.63) is 160 Å². The SMILES string of the molecule is CN(C(=O)CCN1CCC(OC(=O)Nc2ccccc2-c2ccccc2)CC1)c1ccc(C(=O)NCc2cccc(CCNC[C@H](O)c3ccc(O)c4[nH]c(=O)ccc34)c2)cc1. The molecule has 1 atom stereocenters. The molecule has 2 heterocycles. The summed E-state index contributed by atoms with van der Waals surface area (Å²) >= 11 is 0. The highest BCUT2D eigenvalue weighted by molar-refractivity contribution is 5.96. The predicted molar refractivity (Wildman–Crippen MR) is 241 cm³/mol.